The molecule has 0 spiro atoms. The van der Waals surface area contributed by atoms with Crippen LogP contribution in [0, 0.1) is 0 Å². The van der Waals surface area contributed by atoms with Crippen molar-refractivity contribution in [2.24, 2.45) is 0 Å². The van der Waals surface area contributed by atoms with E-state index in [1.807, 2.05) is 75.4 Å². The van der Waals surface area contributed by atoms with Crippen LogP contribution in [0.1, 0.15) is 31.1 Å². The van der Waals surface area contributed by atoms with Crippen LogP contribution in [0.5, 0.6) is 5.75 Å². The minimum absolute atomic E-state index is 0.00581. The number of aromatic nitrogens is 2. The molecular weight excluding hydrogens is 392 g/mol. The maximum absolute atomic E-state index is 13.5. The van der Waals surface area contributed by atoms with Crippen LogP contribution in [0.25, 0.3) is 16.9 Å². The number of hydrogen-bond acceptors (Lipinski definition) is 4. The van der Waals surface area contributed by atoms with E-state index < -0.39 is 0 Å². The highest BCUT2D eigenvalue weighted by molar-refractivity contribution is 6.02. The molecule has 0 radical (unpaired) electrons. The van der Waals surface area contributed by atoms with Crippen molar-refractivity contribution in [3.63, 3.8) is 0 Å². The molecule has 7 nitrogen and oxygen atoms in total. The molecule has 162 valence electrons. The Morgan fingerprint density at radius 1 is 1.10 bits per heavy atom. The molecule has 1 aromatic heterocycles. The van der Waals surface area contributed by atoms with Crippen molar-refractivity contribution in [1.82, 2.24) is 20.0 Å². The highest BCUT2D eigenvalue weighted by atomic mass is 16.5. The number of nitrogens with zero attached hydrogens (tertiary/aromatic N) is 3. The number of likely N-dealkylation sites (N-methyl/N-ethyl adjacent to an activating group) is 1. The Kier molecular flexibility index (Phi) is 7.07. The van der Waals surface area contributed by atoms with Crippen molar-refractivity contribution in [2.45, 2.75) is 26.8 Å². The number of rotatable bonds is 8. The summed E-state index contributed by atoms with van der Waals surface area (Å²) in [6.45, 7) is 6.01. The predicted molar refractivity (Wildman–Crippen MR) is 120 cm³/mol. The number of amides is 2. The number of para-hydroxylation sites is 2. The minimum atomic E-state index is -0.260. The van der Waals surface area contributed by atoms with Crippen LogP contribution >= 0.6 is 0 Å². The van der Waals surface area contributed by atoms with Crippen LogP contribution in [0.3, 0.4) is 0 Å². The predicted octanol–water partition coefficient (Wildman–Crippen LogP) is 3.53. The lowest BCUT2D eigenvalue weighted by Gasteiger charge is -2.21. The molecule has 0 atom stereocenters. The maximum atomic E-state index is 13.5. The van der Waals surface area contributed by atoms with Crippen molar-refractivity contribution in [2.75, 3.05) is 20.2 Å². The highest BCUT2D eigenvalue weighted by Gasteiger charge is 2.25. The van der Waals surface area contributed by atoms with Crippen molar-refractivity contribution in [3.8, 4) is 22.7 Å². The summed E-state index contributed by atoms with van der Waals surface area (Å²) in [5.41, 5.74) is 2.46. The molecule has 1 N–H and O–H groups in total. The van der Waals surface area contributed by atoms with Crippen LogP contribution in [0.4, 0.5) is 0 Å². The molecule has 0 aliphatic carbocycles. The number of methoxy groups -OCH3 is 1. The zero-order valence-electron chi connectivity index (χ0n) is 18.3. The van der Waals surface area contributed by atoms with Gasteiger partial charge in [0.25, 0.3) is 5.91 Å². The third kappa shape index (κ3) is 5.12. The van der Waals surface area contributed by atoms with Gasteiger partial charge in [-0.3, -0.25) is 9.59 Å². The van der Waals surface area contributed by atoms with E-state index in [2.05, 4.69) is 5.32 Å². The second-order valence-electron chi connectivity index (χ2n) is 7.41. The number of ether oxygens (including phenoxy) is 1. The van der Waals surface area contributed by atoms with Gasteiger partial charge in [0.05, 0.1) is 24.9 Å². The van der Waals surface area contributed by atoms with E-state index in [0.717, 1.165) is 5.69 Å². The molecular formula is C24H28N4O3. The van der Waals surface area contributed by atoms with Gasteiger partial charge in [0, 0.05) is 24.3 Å². The number of carbonyl (C=O) groups is 2. The fraction of sp³-hybridized carbons (Fsp3) is 0.292. The fourth-order valence-corrected chi connectivity index (χ4v) is 3.32. The number of hydrogen-bond donors (Lipinski definition) is 1. The third-order valence-electron chi connectivity index (χ3n) is 4.78. The second kappa shape index (κ2) is 9.93. The number of benzene rings is 2. The first-order chi connectivity index (χ1) is 14.9. The third-order valence-corrected chi connectivity index (χ3v) is 4.78. The van der Waals surface area contributed by atoms with Gasteiger partial charge in [0.1, 0.15) is 11.4 Å². The lowest BCUT2D eigenvalue weighted by atomic mass is 10.1. The normalized spacial score (nSPS) is 10.7. The van der Waals surface area contributed by atoms with E-state index in [1.165, 1.54) is 4.90 Å². The van der Waals surface area contributed by atoms with Crippen LogP contribution < -0.4 is 10.1 Å². The number of carbonyl (C=O) groups excluding carboxylic acids is 2. The molecule has 31 heavy (non-hydrogen) atoms. The molecule has 0 aliphatic heterocycles. The minimum Gasteiger partial charge on any atom is -0.496 e. The summed E-state index contributed by atoms with van der Waals surface area (Å²) in [5.74, 6) is 0.166. The lowest BCUT2D eigenvalue weighted by molar-refractivity contribution is -0.122. The van der Waals surface area contributed by atoms with Crippen LogP contribution in [0.2, 0.25) is 0 Å². The molecule has 0 fully saturated rings. The standard InChI is InChI=1S/C24H28N4O3/c1-5-27(16-22(29)25-17(2)3)24(30)20-15-28(18-11-7-6-8-12-18)26-23(20)19-13-9-10-14-21(19)31-4/h6-15,17H,5,16H2,1-4H3,(H,25,29). The second-order valence-corrected chi connectivity index (χ2v) is 7.41. The molecule has 0 aliphatic rings. The zero-order chi connectivity index (χ0) is 22.4. The van der Waals surface area contributed by atoms with Crippen molar-refractivity contribution in [3.05, 3.63) is 66.4 Å². The Labute approximate surface area is 182 Å². The van der Waals surface area contributed by atoms with E-state index in [4.69, 9.17) is 9.84 Å². The number of nitrogens with one attached hydrogen (secondary N) is 1. The van der Waals surface area contributed by atoms with E-state index >= 15 is 0 Å². The first kappa shape index (κ1) is 22.1. The molecule has 0 saturated heterocycles. The molecule has 7 heteroatoms. The summed E-state index contributed by atoms with van der Waals surface area (Å²) >= 11 is 0. The van der Waals surface area contributed by atoms with Crippen LogP contribution in [-0.4, -0.2) is 52.7 Å². The summed E-state index contributed by atoms with van der Waals surface area (Å²) in [4.78, 5) is 27.3. The van der Waals surface area contributed by atoms with E-state index in [-0.39, 0.29) is 24.4 Å². The molecule has 1 heterocycles. The summed E-state index contributed by atoms with van der Waals surface area (Å²) in [5, 5.41) is 7.55. The van der Waals surface area contributed by atoms with Crippen LogP contribution in [-0.2, 0) is 4.79 Å². The first-order valence-electron chi connectivity index (χ1n) is 10.3. The van der Waals surface area contributed by atoms with Gasteiger partial charge in [-0.2, -0.15) is 5.10 Å². The largest absolute Gasteiger partial charge is 0.496 e. The molecule has 2 aromatic carbocycles. The molecule has 2 amide bonds. The smallest absolute Gasteiger partial charge is 0.258 e. The average Bonchev–Trinajstić information content (AvgIpc) is 3.22. The van der Waals surface area contributed by atoms with Crippen molar-refractivity contribution >= 4 is 11.8 Å². The van der Waals surface area contributed by atoms with E-state index in [0.29, 0.717) is 29.1 Å². The molecule has 3 rings (SSSR count). The van der Waals surface area contributed by atoms with Gasteiger partial charge >= 0.3 is 0 Å². The van der Waals surface area contributed by atoms with Crippen LogP contribution in [0.15, 0.2) is 60.8 Å². The van der Waals surface area contributed by atoms with Gasteiger partial charge in [0.2, 0.25) is 5.91 Å². The summed E-state index contributed by atoms with van der Waals surface area (Å²) < 4.78 is 7.18. The van der Waals surface area contributed by atoms with Crippen molar-refractivity contribution in [1.29, 1.82) is 0 Å². The van der Waals surface area contributed by atoms with Gasteiger partial charge in [-0.15, -0.1) is 0 Å². The quantitative estimate of drug-likeness (QED) is 0.605. The van der Waals surface area contributed by atoms with Gasteiger partial charge in [-0.1, -0.05) is 30.3 Å². The summed E-state index contributed by atoms with van der Waals surface area (Å²) in [7, 11) is 1.59. The molecule has 0 saturated carbocycles. The highest BCUT2D eigenvalue weighted by Crippen LogP contribution is 2.32. The Balaban J connectivity index is 2.06. The van der Waals surface area contributed by atoms with Gasteiger partial charge in [0.15, 0.2) is 0 Å². The molecule has 0 unspecified atom stereocenters. The topological polar surface area (TPSA) is 76.5 Å². The summed E-state index contributed by atoms with van der Waals surface area (Å²) in [6.07, 6.45) is 1.71. The van der Waals surface area contributed by atoms with Gasteiger partial charge < -0.3 is 15.0 Å². The van der Waals surface area contributed by atoms with E-state index in [9.17, 15) is 9.59 Å². The van der Waals surface area contributed by atoms with Crippen molar-refractivity contribution < 1.29 is 14.3 Å². The SMILES string of the molecule is CCN(CC(=O)NC(C)C)C(=O)c1cn(-c2ccccc2)nc1-c1ccccc1OC. The zero-order valence-corrected chi connectivity index (χ0v) is 18.3. The monoisotopic (exact) mass is 420 g/mol. The Bertz CT molecular complexity index is 1040. The first-order valence-corrected chi connectivity index (χ1v) is 10.3. The lowest BCUT2D eigenvalue weighted by Crippen LogP contribution is -2.42. The Hall–Kier alpha value is -3.61. The molecule has 0 bridgehead atoms. The van der Waals surface area contributed by atoms with Gasteiger partial charge in [-0.25, -0.2) is 4.68 Å². The Morgan fingerprint density at radius 3 is 2.42 bits per heavy atom. The van der Waals surface area contributed by atoms with Gasteiger partial charge in [-0.05, 0) is 45.0 Å². The fourth-order valence-electron chi connectivity index (χ4n) is 3.32. The Morgan fingerprint density at radius 2 is 1.77 bits per heavy atom. The average molecular weight is 421 g/mol. The maximum Gasteiger partial charge on any atom is 0.258 e. The summed E-state index contributed by atoms with van der Waals surface area (Å²) in [6, 6.07) is 17.0. The molecule has 3 aromatic rings. The van der Waals surface area contributed by atoms with E-state index in [1.54, 1.807) is 18.0 Å².